The van der Waals surface area contributed by atoms with E-state index < -0.39 is 9.96 Å². The second-order valence-corrected chi connectivity index (χ2v) is 7.26. The summed E-state index contributed by atoms with van der Waals surface area (Å²) in [4.78, 5) is 13.0. The number of halogens is 4. The van der Waals surface area contributed by atoms with Crippen LogP contribution in [0.4, 0.5) is 10.5 Å². The number of urea groups is 1. The van der Waals surface area contributed by atoms with Crippen LogP contribution >= 0.6 is 50.7 Å². The SMILES string of the molecule is CN(C)C(=O)N[C@@H](Nc1cccc(Br)c1)C(Cl)(Cl)Cl. The van der Waals surface area contributed by atoms with Gasteiger partial charge < -0.3 is 15.5 Å². The number of benzene rings is 1. The summed E-state index contributed by atoms with van der Waals surface area (Å²) < 4.78 is -0.812. The third kappa shape index (κ3) is 5.65. The number of carbonyl (C=O) groups is 1. The summed E-state index contributed by atoms with van der Waals surface area (Å²) in [5.41, 5.74) is 0.713. The van der Waals surface area contributed by atoms with Crippen molar-refractivity contribution in [3.63, 3.8) is 0 Å². The fourth-order valence-electron chi connectivity index (χ4n) is 1.20. The highest BCUT2D eigenvalue weighted by Crippen LogP contribution is 2.31. The lowest BCUT2D eigenvalue weighted by Gasteiger charge is -2.28. The van der Waals surface area contributed by atoms with E-state index in [2.05, 4.69) is 26.6 Å². The minimum atomic E-state index is -1.69. The quantitative estimate of drug-likeness (QED) is 0.610. The molecule has 0 bridgehead atoms. The average molecular weight is 390 g/mol. The molecule has 0 aliphatic carbocycles. The average Bonchev–Trinajstić information content (AvgIpc) is 2.26. The van der Waals surface area contributed by atoms with Gasteiger partial charge in [-0.25, -0.2) is 4.79 Å². The Kier molecular flexibility index (Phi) is 6.05. The normalized spacial score (nSPS) is 12.7. The van der Waals surface area contributed by atoms with E-state index in [9.17, 15) is 4.79 Å². The molecule has 0 aliphatic rings. The molecule has 1 aromatic carbocycles. The highest BCUT2D eigenvalue weighted by molar-refractivity contribution is 9.10. The van der Waals surface area contributed by atoms with Crippen molar-refractivity contribution in [1.29, 1.82) is 0 Å². The number of anilines is 1. The van der Waals surface area contributed by atoms with E-state index in [1.54, 1.807) is 20.2 Å². The van der Waals surface area contributed by atoms with E-state index in [1.807, 2.05) is 18.2 Å². The molecule has 0 radical (unpaired) electrons. The minimum Gasteiger partial charge on any atom is -0.362 e. The smallest absolute Gasteiger partial charge is 0.318 e. The van der Waals surface area contributed by atoms with Crippen LogP contribution < -0.4 is 10.6 Å². The van der Waals surface area contributed by atoms with Crippen LogP contribution in [0, 0.1) is 0 Å². The van der Waals surface area contributed by atoms with E-state index in [0.717, 1.165) is 4.47 Å². The second-order valence-electron chi connectivity index (χ2n) is 3.97. The van der Waals surface area contributed by atoms with Gasteiger partial charge in [0.1, 0.15) is 6.17 Å². The zero-order valence-electron chi connectivity index (χ0n) is 10.3. The van der Waals surface area contributed by atoms with Crippen LogP contribution in [0.25, 0.3) is 0 Å². The molecule has 2 amide bonds. The van der Waals surface area contributed by atoms with Gasteiger partial charge in [-0.05, 0) is 18.2 Å². The summed E-state index contributed by atoms with van der Waals surface area (Å²) in [5.74, 6) is 0. The second kappa shape index (κ2) is 6.88. The summed E-state index contributed by atoms with van der Waals surface area (Å²) in [6.45, 7) is 0. The number of carbonyl (C=O) groups excluding carboxylic acids is 1. The maximum absolute atomic E-state index is 11.6. The lowest BCUT2D eigenvalue weighted by Crippen LogP contribution is -2.52. The van der Waals surface area contributed by atoms with Crippen LogP contribution in [0.5, 0.6) is 0 Å². The molecule has 0 saturated carbocycles. The zero-order valence-corrected chi connectivity index (χ0v) is 14.1. The monoisotopic (exact) mass is 387 g/mol. The van der Waals surface area contributed by atoms with Crippen LogP contribution in [0.2, 0.25) is 0 Å². The molecule has 1 atom stereocenters. The van der Waals surface area contributed by atoms with Gasteiger partial charge in [-0.3, -0.25) is 0 Å². The van der Waals surface area contributed by atoms with E-state index in [-0.39, 0.29) is 6.03 Å². The summed E-state index contributed by atoms with van der Waals surface area (Å²) in [6.07, 6.45) is -0.860. The molecule has 0 spiro atoms. The standard InChI is InChI=1S/C11H13BrCl3N3O/c1-18(2)10(19)17-9(11(13,14)15)16-8-5-3-4-7(12)6-8/h3-6,9,16H,1-2H3,(H,17,19)/t9-/m1/s1. The first-order valence-corrected chi connectivity index (χ1v) is 7.19. The summed E-state index contributed by atoms with van der Waals surface area (Å²) >= 11 is 20.9. The Labute approximate surface area is 135 Å². The van der Waals surface area contributed by atoms with Crippen molar-refractivity contribution in [1.82, 2.24) is 10.2 Å². The van der Waals surface area contributed by atoms with Gasteiger partial charge >= 0.3 is 6.03 Å². The van der Waals surface area contributed by atoms with Crippen molar-refractivity contribution in [3.8, 4) is 0 Å². The summed E-state index contributed by atoms with van der Waals surface area (Å²) in [6, 6.07) is 6.95. The van der Waals surface area contributed by atoms with Gasteiger partial charge in [-0.1, -0.05) is 56.8 Å². The lowest BCUT2D eigenvalue weighted by molar-refractivity contribution is 0.214. The van der Waals surface area contributed by atoms with Crippen molar-refractivity contribution >= 4 is 62.5 Å². The Morgan fingerprint density at radius 3 is 2.47 bits per heavy atom. The Balaban J connectivity index is 2.84. The highest BCUT2D eigenvalue weighted by Gasteiger charge is 2.34. The van der Waals surface area contributed by atoms with Crippen LogP contribution in [-0.2, 0) is 0 Å². The van der Waals surface area contributed by atoms with E-state index in [1.165, 1.54) is 4.90 Å². The molecule has 0 heterocycles. The molecule has 0 saturated heterocycles. The van der Waals surface area contributed by atoms with Gasteiger partial charge in [0.25, 0.3) is 0 Å². The number of alkyl halides is 3. The number of rotatable bonds is 3. The first kappa shape index (κ1) is 16.7. The molecule has 1 rings (SSSR count). The number of hydrogen-bond donors (Lipinski definition) is 2. The fourth-order valence-corrected chi connectivity index (χ4v) is 1.92. The van der Waals surface area contributed by atoms with Gasteiger partial charge in [0, 0.05) is 24.3 Å². The Hall–Kier alpha value is -0.360. The highest BCUT2D eigenvalue weighted by atomic mass is 79.9. The summed E-state index contributed by atoms with van der Waals surface area (Å²) in [5, 5.41) is 5.55. The molecule has 0 fully saturated rings. The predicted octanol–water partition coefficient (Wildman–Crippen LogP) is 3.83. The van der Waals surface area contributed by atoms with E-state index in [4.69, 9.17) is 34.8 Å². The van der Waals surface area contributed by atoms with E-state index >= 15 is 0 Å². The van der Waals surface area contributed by atoms with Crippen molar-refractivity contribution in [2.45, 2.75) is 9.96 Å². The molecular weight excluding hydrogens is 376 g/mol. The number of amides is 2. The predicted molar refractivity (Wildman–Crippen MR) is 84.1 cm³/mol. The maximum Gasteiger partial charge on any atom is 0.318 e. The Morgan fingerprint density at radius 2 is 2.00 bits per heavy atom. The minimum absolute atomic E-state index is 0.362. The van der Waals surface area contributed by atoms with E-state index in [0.29, 0.717) is 5.69 Å². The first-order valence-electron chi connectivity index (χ1n) is 5.27. The maximum atomic E-state index is 11.6. The van der Waals surface area contributed by atoms with Gasteiger partial charge in [0.05, 0.1) is 0 Å². The van der Waals surface area contributed by atoms with Crippen LogP contribution in [0.15, 0.2) is 28.7 Å². The van der Waals surface area contributed by atoms with Crippen LogP contribution in [0.1, 0.15) is 0 Å². The van der Waals surface area contributed by atoms with Gasteiger partial charge in [-0.15, -0.1) is 0 Å². The number of nitrogens with zero attached hydrogens (tertiary/aromatic N) is 1. The topological polar surface area (TPSA) is 44.4 Å². The molecule has 0 aromatic heterocycles. The molecule has 106 valence electrons. The van der Waals surface area contributed by atoms with Crippen LogP contribution in [0.3, 0.4) is 0 Å². The van der Waals surface area contributed by atoms with Gasteiger partial charge in [0.2, 0.25) is 3.79 Å². The largest absolute Gasteiger partial charge is 0.362 e. The fraction of sp³-hybridized carbons (Fsp3) is 0.364. The van der Waals surface area contributed by atoms with Crippen molar-refractivity contribution < 1.29 is 4.79 Å². The molecule has 19 heavy (non-hydrogen) atoms. The third-order valence-corrected chi connectivity index (χ3v) is 3.28. The molecular formula is C11H13BrCl3N3O. The molecule has 2 N–H and O–H groups in total. The first-order chi connectivity index (χ1) is 8.70. The Morgan fingerprint density at radius 1 is 1.37 bits per heavy atom. The van der Waals surface area contributed by atoms with Crippen molar-refractivity contribution in [3.05, 3.63) is 28.7 Å². The molecule has 1 aromatic rings. The number of nitrogens with one attached hydrogen (secondary N) is 2. The van der Waals surface area contributed by atoms with Crippen molar-refractivity contribution in [2.75, 3.05) is 19.4 Å². The Bertz CT molecular complexity index is 451. The van der Waals surface area contributed by atoms with Gasteiger partial charge in [0.15, 0.2) is 0 Å². The number of hydrogen-bond acceptors (Lipinski definition) is 2. The molecule has 4 nitrogen and oxygen atoms in total. The van der Waals surface area contributed by atoms with Gasteiger partial charge in [-0.2, -0.15) is 0 Å². The zero-order chi connectivity index (χ0) is 14.6. The lowest BCUT2D eigenvalue weighted by atomic mass is 10.3. The molecule has 0 unspecified atom stereocenters. The van der Waals surface area contributed by atoms with Crippen molar-refractivity contribution in [2.24, 2.45) is 0 Å². The third-order valence-electron chi connectivity index (χ3n) is 2.14. The molecule has 0 aliphatic heterocycles. The van der Waals surface area contributed by atoms with Crippen LogP contribution in [-0.4, -0.2) is 35.0 Å². The molecule has 8 heteroatoms. The summed E-state index contributed by atoms with van der Waals surface area (Å²) in [7, 11) is 3.20.